The third-order valence-electron chi connectivity index (χ3n) is 3.16. The van der Waals surface area contributed by atoms with E-state index in [2.05, 4.69) is 11.3 Å². The molecule has 0 aliphatic heterocycles. The standard InChI is InChI=1S/C14H19NO3S/c1-3-18-13-6-4-5-7-14(13)19(16,17)15-10-12-8-11(2)9-12/h4-7,12,15H,2-3,8-10H2,1H3. The van der Waals surface area contributed by atoms with Crippen molar-refractivity contribution in [2.45, 2.75) is 24.7 Å². The number of para-hydroxylation sites is 1. The van der Waals surface area contributed by atoms with Crippen molar-refractivity contribution in [2.24, 2.45) is 5.92 Å². The third kappa shape index (κ3) is 3.36. The average Bonchev–Trinajstić information content (AvgIpc) is 2.34. The second-order valence-corrected chi connectivity index (χ2v) is 6.49. The van der Waals surface area contributed by atoms with Gasteiger partial charge in [-0.05, 0) is 37.8 Å². The number of nitrogens with one attached hydrogen (secondary N) is 1. The highest BCUT2D eigenvalue weighted by atomic mass is 32.2. The molecule has 1 aromatic carbocycles. The first-order valence-electron chi connectivity index (χ1n) is 6.41. The monoisotopic (exact) mass is 281 g/mol. The van der Waals surface area contributed by atoms with E-state index in [1.165, 1.54) is 5.57 Å². The molecule has 0 spiro atoms. The first-order valence-corrected chi connectivity index (χ1v) is 7.89. The van der Waals surface area contributed by atoms with Gasteiger partial charge in [0.2, 0.25) is 10.0 Å². The molecule has 1 aromatic rings. The van der Waals surface area contributed by atoms with E-state index in [9.17, 15) is 8.42 Å². The Kier molecular flexibility index (Phi) is 4.27. The van der Waals surface area contributed by atoms with Gasteiger partial charge in [0.25, 0.3) is 0 Å². The molecule has 1 saturated carbocycles. The van der Waals surface area contributed by atoms with Gasteiger partial charge in [-0.15, -0.1) is 0 Å². The van der Waals surface area contributed by atoms with Gasteiger partial charge in [-0.1, -0.05) is 24.3 Å². The van der Waals surface area contributed by atoms with Crippen LogP contribution >= 0.6 is 0 Å². The number of hydrogen-bond acceptors (Lipinski definition) is 3. The van der Waals surface area contributed by atoms with E-state index < -0.39 is 10.0 Å². The van der Waals surface area contributed by atoms with Gasteiger partial charge in [-0.2, -0.15) is 0 Å². The van der Waals surface area contributed by atoms with Crippen LogP contribution in [0.3, 0.4) is 0 Å². The van der Waals surface area contributed by atoms with Crippen LogP contribution in [0.15, 0.2) is 41.3 Å². The van der Waals surface area contributed by atoms with Crippen LogP contribution in [0.4, 0.5) is 0 Å². The number of allylic oxidation sites excluding steroid dienone is 1. The summed E-state index contributed by atoms with van der Waals surface area (Å²) in [7, 11) is -3.51. The lowest BCUT2D eigenvalue weighted by Gasteiger charge is -2.28. The summed E-state index contributed by atoms with van der Waals surface area (Å²) in [4.78, 5) is 0.204. The van der Waals surface area contributed by atoms with Crippen molar-refractivity contribution in [1.82, 2.24) is 4.72 Å². The smallest absolute Gasteiger partial charge is 0.244 e. The molecule has 104 valence electrons. The lowest BCUT2D eigenvalue weighted by molar-refractivity contribution is 0.330. The topological polar surface area (TPSA) is 55.4 Å². The van der Waals surface area contributed by atoms with E-state index in [1.807, 2.05) is 6.92 Å². The van der Waals surface area contributed by atoms with Crippen LogP contribution < -0.4 is 9.46 Å². The van der Waals surface area contributed by atoms with Gasteiger partial charge >= 0.3 is 0 Å². The molecule has 0 saturated heterocycles. The van der Waals surface area contributed by atoms with Gasteiger partial charge < -0.3 is 4.74 Å². The molecule has 1 N–H and O–H groups in total. The molecular formula is C14H19NO3S. The number of ether oxygens (including phenoxy) is 1. The molecule has 1 aliphatic carbocycles. The van der Waals surface area contributed by atoms with Crippen LogP contribution in [0.5, 0.6) is 5.75 Å². The van der Waals surface area contributed by atoms with Crippen LogP contribution in [0.25, 0.3) is 0 Å². The Hall–Kier alpha value is -1.33. The predicted octanol–water partition coefficient (Wildman–Crippen LogP) is 2.33. The Morgan fingerprint density at radius 2 is 2.05 bits per heavy atom. The summed E-state index contributed by atoms with van der Waals surface area (Å²) in [6, 6.07) is 6.69. The first-order chi connectivity index (χ1) is 9.03. The summed E-state index contributed by atoms with van der Waals surface area (Å²) in [5.74, 6) is 0.775. The normalized spacial score (nSPS) is 16.2. The summed E-state index contributed by atoms with van der Waals surface area (Å²) in [6.45, 7) is 6.58. The van der Waals surface area contributed by atoms with Crippen LogP contribution in [-0.2, 0) is 10.0 Å². The molecule has 4 nitrogen and oxygen atoms in total. The number of hydrogen-bond donors (Lipinski definition) is 1. The number of rotatable bonds is 6. The molecule has 0 heterocycles. The Morgan fingerprint density at radius 1 is 1.37 bits per heavy atom. The van der Waals surface area contributed by atoms with Gasteiger partial charge in [0.15, 0.2) is 0 Å². The maximum atomic E-state index is 12.2. The summed E-state index contributed by atoms with van der Waals surface area (Å²) in [6.07, 6.45) is 1.82. The zero-order valence-corrected chi connectivity index (χ0v) is 11.9. The van der Waals surface area contributed by atoms with Crippen molar-refractivity contribution in [3.8, 4) is 5.75 Å². The highest BCUT2D eigenvalue weighted by Crippen LogP contribution is 2.31. The maximum Gasteiger partial charge on any atom is 0.244 e. The minimum absolute atomic E-state index is 0.204. The average molecular weight is 281 g/mol. The summed E-state index contributed by atoms with van der Waals surface area (Å²) in [5.41, 5.74) is 1.19. The Labute approximate surface area is 114 Å². The van der Waals surface area contributed by atoms with E-state index in [0.29, 0.717) is 24.8 Å². The molecule has 2 rings (SSSR count). The fourth-order valence-electron chi connectivity index (χ4n) is 2.15. The molecule has 19 heavy (non-hydrogen) atoms. The molecule has 1 aliphatic rings. The highest BCUT2D eigenvalue weighted by Gasteiger charge is 2.25. The van der Waals surface area contributed by atoms with E-state index in [0.717, 1.165) is 12.8 Å². The Balaban J connectivity index is 2.08. The maximum absolute atomic E-state index is 12.2. The fraction of sp³-hybridized carbons (Fsp3) is 0.429. The van der Waals surface area contributed by atoms with Crippen LogP contribution in [-0.4, -0.2) is 21.6 Å². The molecule has 0 aromatic heterocycles. The lowest BCUT2D eigenvalue weighted by Crippen LogP contribution is -2.33. The van der Waals surface area contributed by atoms with E-state index in [4.69, 9.17) is 4.74 Å². The van der Waals surface area contributed by atoms with Crippen molar-refractivity contribution >= 4 is 10.0 Å². The molecule has 5 heteroatoms. The quantitative estimate of drug-likeness (QED) is 0.814. The first kappa shape index (κ1) is 14.1. The van der Waals surface area contributed by atoms with E-state index in [-0.39, 0.29) is 4.90 Å². The van der Waals surface area contributed by atoms with Crippen LogP contribution in [0.1, 0.15) is 19.8 Å². The van der Waals surface area contributed by atoms with Gasteiger partial charge in [0.05, 0.1) is 6.61 Å². The van der Waals surface area contributed by atoms with E-state index in [1.54, 1.807) is 24.3 Å². The van der Waals surface area contributed by atoms with Crippen molar-refractivity contribution in [3.63, 3.8) is 0 Å². The van der Waals surface area contributed by atoms with Gasteiger partial charge in [0, 0.05) is 6.54 Å². The predicted molar refractivity (Wildman–Crippen MR) is 74.7 cm³/mol. The minimum atomic E-state index is -3.51. The second-order valence-electron chi connectivity index (χ2n) is 4.76. The molecular weight excluding hydrogens is 262 g/mol. The van der Waals surface area contributed by atoms with Crippen molar-refractivity contribution in [2.75, 3.05) is 13.2 Å². The molecule has 0 atom stereocenters. The van der Waals surface area contributed by atoms with Gasteiger partial charge in [0.1, 0.15) is 10.6 Å². The largest absolute Gasteiger partial charge is 0.492 e. The van der Waals surface area contributed by atoms with Crippen molar-refractivity contribution in [1.29, 1.82) is 0 Å². The highest BCUT2D eigenvalue weighted by molar-refractivity contribution is 7.89. The lowest BCUT2D eigenvalue weighted by atomic mass is 9.81. The number of sulfonamides is 1. The third-order valence-corrected chi connectivity index (χ3v) is 4.62. The van der Waals surface area contributed by atoms with Crippen LogP contribution in [0, 0.1) is 5.92 Å². The SMILES string of the molecule is C=C1CC(CNS(=O)(=O)c2ccccc2OCC)C1. The molecule has 0 bridgehead atoms. The zero-order valence-electron chi connectivity index (χ0n) is 11.1. The van der Waals surface area contributed by atoms with E-state index >= 15 is 0 Å². The van der Waals surface area contributed by atoms with Gasteiger partial charge in [-0.25, -0.2) is 13.1 Å². The Morgan fingerprint density at radius 3 is 2.68 bits per heavy atom. The number of benzene rings is 1. The fourth-order valence-corrected chi connectivity index (χ4v) is 3.41. The summed E-state index contributed by atoms with van der Waals surface area (Å²) in [5, 5.41) is 0. The molecule has 0 radical (unpaired) electrons. The van der Waals surface area contributed by atoms with Crippen LogP contribution in [0.2, 0.25) is 0 Å². The Bertz CT molecular complexity index is 558. The molecule has 0 unspecified atom stereocenters. The van der Waals surface area contributed by atoms with Gasteiger partial charge in [-0.3, -0.25) is 0 Å². The van der Waals surface area contributed by atoms with Crippen molar-refractivity contribution in [3.05, 3.63) is 36.4 Å². The molecule has 0 amide bonds. The summed E-state index contributed by atoms with van der Waals surface area (Å²) >= 11 is 0. The summed E-state index contributed by atoms with van der Waals surface area (Å²) < 4.78 is 32.5. The van der Waals surface area contributed by atoms with Crippen molar-refractivity contribution < 1.29 is 13.2 Å². The molecule has 1 fully saturated rings. The zero-order chi connectivity index (χ0) is 13.9. The minimum Gasteiger partial charge on any atom is -0.492 e. The second kappa shape index (κ2) is 5.75.